The molecule has 0 aromatic rings. The van der Waals surface area contributed by atoms with Crippen LogP contribution >= 0.6 is 0 Å². The van der Waals surface area contributed by atoms with E-state index < -0.39 is 0 Å². The SMILES string of the molecule is C[C@H](CN=C(N)N1CCCCCC1)N1CCOC[C@H]1C. The Morgan fingerprint density at radius 2 is 1.95 bits per heavy atom. The highest BCUT2D eigenvalue weighted by Gasteiger charge is 2.23. The summed E-state index contributed by atoms with van der Waals surface area (Å²) in [5.74, 6) is 0.736. The Morgan fingerprint density at radius 1 is 1.25 bits per heavy atom. The first-order valence-corrected chi connectivity index (χ1v) is 8.07. The van der Waals surface area contributed by atoms with Crippen LogP contribution in [0.5, 0.6) is 0 Å². The molecule has 2 heterocycles. The Hall–Kier alpha value is -0.810. The molecule has 0 aromatic heterocycles. The van der Waals surface area contributed by atoms with Crippen molar-refractivity contribution in [1.29, 1.82) is 0 Å². The molecule has 0 aliphatic carbocycles. The van der Waals surface area contributed by atoms with Crippen LogP contribution in [-0.2, 0) is 4.74 Å². The van der Waals surface area contributed by atoms with Gasteiger partial charge in [-0.15, -0.1) is 0 Å². The lowest BCUT2D eigenvalue weighted by atomic mass is 10.2. The van der Waals surface area contributed by atoms with Crippen LogP contribution in [0.25, 0.3) is 0 Å². The van der Waals surface area contributed by atoms with Crippen LogP contribution in [0.1, 0.15) is 39.5 Å². The quantitative estimate of drug-likeness (QED) is 0.626. The van der Waals surface area contributed by atoms with Crippen LogP contribution in [0.2, 0.25) is 0 Å². The van der Waals surface area contributed by atoms with Gasteiger partial charge in [0.25, 0.3) is 0 Å². The summed E-state index contributed by atoms with van der Waals surface area (Å²) in [6, 6.07) is 0.910. The molecule has 0 amide bonds. The number of aliphatic imine (C=N–C) groups is 1. The van der Waals surface area contributed by atoms with Crippen molar-refractivity contribution in [2.75, 3.05) is 39.4 Å². The number of rotatable bonds is 3. The third-order valence-corrected chi connectivity index (χ3v) is 4.43. The highest BCUT2D eigenvalue weighted by molar-refractivity contribution is 5.78. The lowest BCUT2D eigenvalue weighted by molar-refractivity contribution is -0.0166. The highest BCUT2D eigenvalue weighted by atomic mass is 16.5. The fourth-order valence-electron chi connectivity index (χ4n) is 3.13. The van der Waals surface area contributed by atoms with Crippen molar-refractivity contribution in [3.8, 4) is 0 Å². The molecule has 2 aliphatic rings. The summed E-state index contributed by atoms with van der Waals surface area (Å²) in [4.78, 5) is 9.36. The molecule has 2 fully saturated rings. The van der Waals surface area contributed by atoms with E-state index in [1.165, 1.54) is 25.7 Å². The number of nitrogens with two attached hydrogens (primary N) is 1. The molecule has 2 rings (SSSR count). The third kappa shape index (κ3) is 4.35. The molecule has 0 bridgehead atoms. The molecule has 0 saturated carbocycles. The first-order valence-electron chi connectivity index (χ1n) is 8.07. The predicted octanol–water partition coefficient (Wildman–Crippen LogP) is 1.29. The van der Waals surface area contributed by atoms with Crippen LogP contribution < -0.4 is 5.73 Å². The number of ether oxygens (including phenoxy) is 1. The molecule has 0 spiro atoms. The van der Waals surface area contributed by atoms with Crippen LogP contribution in [-0.4, -0.2) is 67.2 Å². The van der Waals surface area contributed by atoms with E-state index in [1.807, 2.05) is 0 Å². The minimum Gasteiger partial charge on any atom is -0.379 e. The van der Waals surface area contributed by atoms with E-state index in [0.717, 1.165) is 45.4 Å². The largest absolute Gasteiger partial charge is 0.379 e. The van der Waals surface area contributed by atoms with Crippen molar-refractivity contribution in [3.63, 3.8) is 0 Å². The summed E-state index contributed by atoms with van der Waals surface area (Å²) in [6.45, 7) is 10.0. The van der Waals surface area contributed by atoms with Gasteiger partial charge in [0.1, 0.15) is 0 Å². The Labute approximate surface area is 123 Å². The Kier molecular flexibility index (Phi) is 6.10. The van der Waals surface area contributed by atoms with Crippen molar-refractivity contribution in [2.45, 2.75) is 51.6 Å². The minimum atomic E-state index is 0.430. The van der Waals surface area contributed by atoms with Crippen molar-refractivity contribution in [2.24, 2.45) is 10.7 Å². The molecule has 2 saturated heterocycles. The van der Waals surface area contributed by atoms with Gasteiger partial charge in [0, 0.05) is 31.7 Å². The van der Waals surface area contributed by atoms with Crippen LogP contribution in [0.3, 0.4) is 0 Å². The van der Waals surface area contributed by atoms with Gasteiger partial charge in [-0.05, 0) is 26.7 Å². The normalized spacial score (nSPS) is 28.2. The van der Waals surface area contributed by atoms with Gasteiger partial charge in [-0.3, -0.25) is 9.89 Å². The number of morpholine rings is 1. The first-order chi connectivity index (χ1) is 9.68. The summed E-state index contributed by atoms with van der Waals surface area (Å²) in [6.07, 6.45) is 5.13. The molecule has 0 unspecified atom stereocenters. The fraction of sp³-hybridized carbons (Fsp3) is 0.933. The summed E-state index contributed by atoms with van der Waals surface area (Å²) in [5.41, 5.74) is 6.16. The second-order valence-corrected chi connectivity index (χ2v) is 6.11. The zero-order valence-electron chi connectivity index (χ0n) is 13.1. The van der Waals surface area contributed by atoms with Gasteiger partial charge >= 0.3 is 0 Å². The van der Waals surface area contributed by atoms with Crippen LogP contribution in [0.15, 0.2) is 4.99 Å². The molecule has 0 aromatic carbocycles. The number of likely N-dealkylation sites (tertiary alicyclic amines) is 1. The predicted molar refractivity (Wildman–Crippen MR) is 83.0 cm³/mol. The summed E-state index contributed by atoms with van der Waals surface area (Å²) in [7, 11) is 0. The topological polar surface area (TPSA) is 54.1 Å². The highest BCUT2D eigenvalue weighted by Crippen LogP contribution is 2.12. The lowest BCUT2D eigenvalue weighted by Gasteiger charge is -2.37. The lowest BCUT2D eigenvalue weighted by Crippen LogP contribution is -2.49. The second kappa shape index (κ2) is 7.84. The molecule has 5 heteroatoms. The van der Waals surface area contributed by atoms with E-state index in [0.29, 0.717) is 12.1 Å². The number of guanidine groups is 1. The molecule has 0 radical (unpaired) electrons. The van der Waals surface area contributed by atoms with Crippen molar-refractivity contribution >= 4 is 5.96 Å². The number of hydrogen-bond acceptors (Lipinski definition) is 3. The van der Waals surface area contributed by atoms with Gasteiger partial charge in [0.2, 0.25) is 0 Å². The molecular weight excluding hydrogens is 252 g/mol. The average Bonchev–Trinajstić information content (AvgIpc) is 2.74. The van der Waals surface area contributed by atoms with Gasteiger partial charge in [-0.1, -0.05) is 12.8 Å². The van der Waals surface area contributed by atoms with Crippen molar-refractivity contribution < 1.29 is 4.74 Å². The maximum Gasteiger partial charge on any atom is 0.191 e. The molecule has 20 heavy (non-hydrogen) atoms. The monoisotopic (exact) mass is 282 g/mol. The molecular formula is C15H30N4O. The van der Waals surface area contributed by atoms with Crippen molar-refractivity contribution in [3.05, 3.63) is 0 Å². The molecule has 116 valence electrons. The summed E-state index contributed by atoms with van der Waals surface area (Å²) >= 11 is 0. The van der Waals surface area contributed by atoms with Gasteiger partial charge < -0.3 is 15.4 Å². The van der Waals surface area contributed by atoms with Gasteiger partial charge in [-0.2, -0.15) is 0 Å². The van der Waals surface area contributed by atoms with Crippen LogP contribution in [0, 0.1) is 0 Å². The maximum absolute atomic E-state index is 6.16. The maximum atomic E-state index is 6.16. The molecule has 5 nitrogen and oxygen atoms in total. The summed E-state index contributed by atoms with van der Waals surface area (Å²) < 4.78 is 5.49. The van der Waals surface area contributed by atoms with Gasteiger partial charge in [0.15, 0.2) is 5.96 Å². The van der Waals surface area contributed by atoms with E-state index >= 15 is 0 Å². The molecule has 2 N–H and O–H groups in total. The first kappa shape index (κ1) is 15.6. The standard InChI is InChI=1S/C15H30N4O/c1-13(19-9-10-20-12-14(19)2)11-17-15(16)18-7-5-3-4-6-8-18/h13-14H,3-12H2,1-2H3,(H2,16,17)/t13-,14-/m1/s1. The average molecular weight is 282 g/mol. The zero-order valence-corrected chi connectivity index (χ0v) is 13.1. The van der Waals surface area contributed by atoms with Gasteiger partial charge in [0.05, 0.1) is 19.8 Å². The Bertz CT molecular complexity index is 313. The number of nitrogens with zero attached hydrogens (tertiary/aromatic N) is 3. The fourth-order valence-corrected chi connectivity index (χ4v) is 3.13. The van der Waals surface area contributed by atoms with E-state index in [2.05, 4.69) is 28.6 Å². The van der Waals surface area contributed by atoms with Crippen LogP contribution in [0.4, 0.5) is 0 Å². The Morgan fingerprint density at radius 3 is 2.60 bits per heavy atom. The Balaban J connectivity index is 1.83. The minimum absolute atomic E-state index is 0.430. The molecule has 2 atom stereocenters. The smallest absolute Gasteiger partial charge is 0.191 e. The summed E-state index contributed by atoms with van der Waals surface area (Å²) in [5, 5.41) is 0. The molecule has 2 aliphatic heterocycles. The van der Waals surface area contributed by atoms with E-state index in [1.54, 1.807) is 0 Å². The van der Waals surface area contributed by atoms with Crippen molar-refractivity contribution in [1.82, 2.24) is 9.80 Å². The van der Waals surface area contributed by atoms with E-state index in [-0.39, 0.29) is 0 Å². The van der Waals surface area contributed by atoms with E-state index in [4.69, 9.17) is 10.5 Å². The third-order valence-electron chi connectivity index (χ3n) is 4.43. The second-order valence-electron chi connectivity index (χ2n) is 6.11. The van der Waals surface area contributed by atoms with Gasteiger partial charge in [-0.25, -0.2) is 0 Å². The number of hydrogen-bond donors (Lipinski definition) is 1. The zero-order chi connectivity index (χ0) is 14.4. The van der Waals surface area contributed by atoms with E-state index in [9.17, 15) is 0 Å².